The van der Waals surface area contributed by atoms with Crippen molar-refractivity contribution in [2.45, 2.75) is 0 Å². The van der Waals surface area contributed by atoms with Crippen LogP contribution >= 0.6 is 27.3 Å². The third kappa shape index (κ3) is 0.702. The van der Waals surface area contributed by atoms with Gasteiger partial charge in [0.25, 0.3) is 0 Å². The molecule has 0 unspecified atom stereocenters. The van der Waals surface area contributed by atoms with Gasteiger partial charge in [0.05, 0.1) is 0 Å². The molecule has 0 aliphatic rings. The smallest absolute Gasteiger partial charge is 0.182 e. The van der Waals surface area contributed by atoms with Gasteiger partial charge in [-0.15, -0.1) is 11.3 Å². The SMILES string of the molecule is Brc1scc2ncoc12. The van der Waals surface area contributed by atoms with Gasteiger partial charge in [-0.25, -0.2) is 4.98 Å². The van der Waals surface area contributed by atoms with E-state index in [1.54, 1.807) is 11.3 Å². The molecule has 0 aliphatic heterocycles. The molecule has 0 fully saturated rings. The molecule has 0 amide bonds. The van der Waals surface area contributed by atoms with Crippen LogP contribution in [0, 0.1) is 0 Å². The van der Waals surface area contributed by atoms with Crippen molar-refractivity contribution in [1.29, 1.82) is 0 Å². The van der Waals surface area contributed by atoms with Gasteiger partial charge in [-0.2, -0.15) is 0 Å². The maximum atomic E-state index is 5.04. The number of fused-ring (bicyclic) bond motifs is 1. The van der Waals surface area contributed by atoms with E-state index in [-0.39, 0.29) is 0 Å². The molecule has 0 bridgehead atoms. The Kier molecular flexibility index (Phi) is 1.10. The van der Waals surface area contributed by atoms with Crippen LogP contribution in [0.2, 0.25) is 0 Å². The van der Waals surface area contributed by atoms with Gasteiger partial charge in [-0.1, -0.05) is 0 Å². The van der Waals surface area contributed by atoms with E-state index in [1.807, 2.05) is 5.38 Å². The van der Waals surface area contributed by atoms with Crippen molar-refractivity contribution in [2.24, 2.45) is 0 Å². The monoisotopic (exact) mass is 203 g/mol. The van der Waals surface area contributed by atoms with Crippen LogP contribution in [-0.4, -0.2) is 4.98 Å². The maximum Gasteiger partial charge on any atom is 0.182 e. The number of oxazole rings is 1. The highest BCUT2D eigenvalue weighted by Gasteiger charge is 2.03. The van der Waals surface area contributed by atoms with E-state index in [1.165, 1.54) is 6.39 Å². The van der Waals surface area contributed by atoms with E-state index in [0.29, 0.717) is 0 Å². The largest absolute Gasteiger partial charge is 0.441 e. The van der Waals surface area contributed by atoms with Crippen LogP contribution in [0.25, 0.3) is 11.1 Å². The van der Waals surface area contributed by atoms with E-state index in [0.717, 1.165) is 14.9 Å². The summed E-state index contributed by atoms with van der Waals surface area (Å²) < 4.78 is 6.05. The summed E-state index contributed by atoms with van der Waals surface area (Å²) in [6.45, 7) is 0. The second-order valence-electron chi connectivity index (χ2n) is 1.58. The summed E-state index contributed by atoms with van der Waals surface area (Å²) in [5.41, 5.74) is 1.77. The average molecular weight is 204 g/mol. The number of hydrogen-bond acceptors (Lipinski definition) is 3. The summed E-state index contributed by atoms with van der Waals surface area (Å²) in [6, 6.07) is 0. The Morgan fingerprint density at radius 2 is 2.56 bits per heavy atom. The number of thiophene rings is 1. The molecule has 0 radical (unpaired) electrons. The summed E-state index contributed by atoms with van der Waals surface area (Å²) in [6.07, 6.45) is 1.45. The van der Waals surface area contributed by atoms with E-state index in [2.05, 4.69) is 20.9 Å². The van der Waals surface area contributed by atoms with Crippen LogP contribution in [0.1, 0.15) is 0 Å². The van der Waals surface area contributed by atoms with Crippen LogP contribution in [0.5, 0.6) is 0 Å². The molecule has 2 rings (SSSR count). The summed E-state index contributed by atoms with van der Waals surface area (Å²) in [7, 11) is 0. The Balaban J connectivity index is 2.99. The topological polar surface area (TPSA) is 26.0 Å². The summed E-state index contributed by atoms with van der Waals surface area (Å²) in [5, 5.41) is 1.95. The van der Waals surface area contributed by atoms with Gasteiger partial charge in [0.15, 0.2) is 12.0 Å². The molecule has 4 heteroatoms. The molecular formula is C5H2BrNOS. The highest BCUT2D eigenvalue weighted by molar-refractivity contribution is 9.11. The van der Waals surface area contributed by atoms with Gasteiger partial charge >= 0.3 is 0 Å². The number of rotatable bonds is 0. The molecule has 0 aromatic carbocycles. The first-order valence-corrected chi connectivity index (χ1v) is 4.01. The van der Waals surface area contributed by atoms with E-state index in [4.69, 9.17) is 4.42 Å². The molecule has 0 N–H and O–H groups in total. The predicted octanol–water partition coefficient (Wildman–Crippen LogP) is 2.65. The molecule has 2 aromatic heterocycles. The van der Waals surface area contributed by atoms with Crippen LogP contribution in [0.4, 0.5) is 0 Å². The van der Waals surface area contributed by atoms with E-state index >= 15 is 0 Å². The Labute approximate surface area is 63.6 Å². The van der Waals surface area contributed by atoms with Gasteiger partial charge in [0, 0.05) is 5.38 Å². The fourth-order valence-corrected chi connectivity index (χ4v) is 1.87. The summed E-state index contributed by atoms with van der Waals surface area (Å²) >= 11 is 4.92. The lowest BCUT2D eigenvalue weighted by Gasteiger charge is -1.72. The van der Waals surface area contributed by atoms with Crippen molar-refractivity contribution < 1.29 is 4.42 Å². The molecule has 0 atom stereocenters. The first kappa shape index (κ1) is 5.44. The first-order valence-electron chi connectivity index (χ1n) is 2.34. The van der Waals surface area contributed by atoms with E-state index < -0.39 is 0 Å². The summed E-state index contributed by atoms with van der Waals surface area (Å²) in [4.78, 5) is 3.95. The molecule has 9 heavy (non-hydrogen) atoms. The van der Waals surface area contributed by atoms with Crippen molar-refractivity contribution in [3.8, 4) is 0 Å². The molecule has 0 saturated carbocycles. The second-order valence-corrected chi connectivity index (χ2v) is 3.77. The first-order chi connectivity index (χ1) is 4.38. The summed E-state index contributed by atoms with van der Waals surface area (Å²) in [5.74, 6) is 0. The highest BCUT2D eigenvalue weighted by atomic mass is 79.9. The lowest BCUT2D eigenvalue weighted by molar-refractivity contribution is 0.601. The third-order valence-corrected chi connectivity index (χ3v) is 2.70. The molecule has 0 aliphatic carbocycles. The molecule has 2 aromatic rings. The standard InChI is InChI=1S/C5H2BrNOS/c6-5-4-3(1-9-5)7-2-8-4/h1-2H. The van der Waals surface area contributed by atoms with Crippen LogP contribution in [0.3, 0.4) is 0 Å². The van der Waals surface area contributed by atoms with Crippen molar-refractivity contribution in [2.75, 3.05) is 0 Å². The molecule has 2 heterocycles. The highest BCUT2D eigenvalue weighted by Crippen LogP contribution is 2.29. The number of hydrogen-bond donors (Lipinski definition) is 0. The normalized spacial score (nSPS) is 10.8. The maximum absolute atomic E-state index is 5.04. The van der Waals surface area contributed by atoms with Gasteiger partial charge in [0.1, 0.15) is 9.30 Å². The average Bonchev–Trinajstić information content (AvgIpc) is 2.35. The lowest BCUT2D eigenvalue weighted by Crippen LogP contribution is -1.50. The van der Waals surface area contributed by atoms with Gasteiger partial charge in [-0.05, 0) is 15.9 Å². The van der Waals surface area contributed by atoms with Gasteiger partial charge in [0.2, 0.25) is 0 Å². The quantitative estimate of drug-likeness (QED) is 0.659. The molecule has 46 valence electrons. The van der Waals surface area contributed by atoms with Crippen LogP contribution in [0.15, 0.2) is 20.0 Å². The second kappa shape index (κ2) is 1.82. The molecular weight excluding hydrogens is 202 g/mol. The van der Waals surface area contributed by atoms with Crippen molar-refractivity contribution in [1.82, 2.24) is 4.98 Å². The van der Waals surface area contributed by atoms with E-state index in [9.17, 15) is 0 Å². The zero-order valence-corrected chi connectivity index (χ0v) is 6.70. The number of aromatic nitrogens is 1. The van der Waals surface area contributed by atoms with Crippen molar-refractivity contribution in [3.05, 3.63) is 15.6 Å². The predicted molar refractivity (Wildman–Crippen MR) is 39.6 cm³/mol. The van der Waals surface area contributed by atoms with Crippen molar-refractivity contribution >= 4 is 38.4 Å². The Morgan fingerprint density at radius 1 is 1.67 bits per heavy atom. The third-order valence-electron chi connectivity index (χ3n) is 1.05. The minimum absolute atomic E-state index is 0.847. The Bertz CT molecular complexity index is 326. The van der Waals surface area contributed by atoms with Gasteiger partial charge < -0.3 is 4.42 Å². The Morgan fingerprint density at radius 3 is 3.33 bits per heavy atom. The molecule has 2 nitrogen and oxygen atoms in total. The van der Waals surface area contributed by atoms with Crippen molar-refractivity contribution in [3.63, 3.8) is 0 Å². The lowest BCUT2D eigenvalue weighted by atomic mass is 10.6. The fourth-order valence-electron chi connectivity index (χ4n) is 0.647. The minimum Gasteiger partial charge on any atom is -0.441 e. The zero-order valence-electron chi connectivity index (χ0n) is 4.30. The molecule has 0 saturated heterocycles. The van der Waals surface area contributed by atoms with Gasteiger partial charge in [-0.3, -0.25) is 0 Å². The number of nitrogens with zero attached hydrogens (tertiary/aromatic N) is 1. The fraction of sp³-hybridized carbons (Fsp3) is 0. The number of halogens is 1. The minimum atomic E-state index is 0.847. The zero-order chi connectivity index (χ0) is 6.27. The van der Waals surface area contributed by atoms with Crippen LogP contribution < -0.4 is 0 Å². The Hall–Kier alpha value is -0.350. The molecule has 0 spiro atoms. The van der Waals surface area contributed by atoms with Crippen LogP contribution in [-0.2, 0) is 0 Å².